The lowest BCUT2D eigenvalue weighted by Gasteiger charge is -1.99. The number of nitrogens with one attached hydrogen (secondary N) is 1. The highest BCUT2D eigenvalue weighted by atomic mass is 19.2. The molecule has 5 heteroatoms. The van der Waals surface area contributed by atoms with Gasteiger partial charge in [0.05, 0.1) is 0 Å². The first kappa shape index (κ1) is 7.29. The zero-order valence-electron chi connectivity index (χ0n) is 3.90. The molecule has 0 fully saturated rings. The minimum atomic E-state index is -1.71. The minimum Gasteiger partial charge on any atom is -0.480 e. The van der Waals surface area contributed by atoms with Gasteiger partial charge in [-0.2, -0.15) is 0 Å². The van der Waals surface area contributed by atoms with Gasteiger partial charge in [-0.3, -0.25) is 4.79 Å². The van der Waals surface area contributed by atoms with Crippen LogP contribution in [0.15, 0.2) is 0 Å². The summed E-state index contributed by atoms with van der Waals surface area (Å²) in [7, 11) is 0. The van der Waals surface area contributed by atoms with E-state index >= 15 is 0 Å². The Morgan fingerprint density at radius 1 is 1.88 bits per heavy atom. The van der Waals surface area contributed by atoms with Crippen molar-refractivity contribution in [1.29, 1.82) is 0 Å². The van der Waals surface area contributed by atoms with Gasteiger partial charge in [-0.15, -0.1) is 10.0 Å². The molecule has 0 bridgehead atoms. The lowest BCUT2D eigenvalue weighted by molar-refractivity contribution is -0.141. The summed E-state index contributed by atoms with van der Waals surface area (Å²) < 4.78 is 22.3. The first-order valence-electron chi connectivity index (χ1n) is 1.87. The Morgan fingerprint density at radius 2 is 2.38 bits per heavy atom. The second kappa shape index (κ2) is 3.31. The number of halogens is 2. The first-order valence-corrected chi connectivity index (χ1v) is 1.87. The predicted octanol–water partition coefficient (Wildman–Crippen LogP) is -0.117. The maximum absolute atomic E-state index is 11.2. The molecule has 1 unspecified atom stereocenters. The molecule has 0 aromatic rings. The summed E-state index contributed by atoms with van der Waals surface area (Å²) >= 11 is 0. The van der Waals surface area contributed by atoms with Crippen molar-refractivity contribution in [2.24, 2.45) is 0 Å². The minimum absolute atomic E-state index is 0.777. The molecule has 0 saturated heterocycles. The van der Waals surface area contributed by atoms with E-state index in [1.165, 1.54) is 0 Å². The Hall–Kier alpha value is -0.710. The maximum atomic E-state index is 11.2. The fourth-order valence-corrected chi connectivity index (χ4v) is 0.142. The number of hydrogen-bond acceptors (Lipinski definition) is 2. The van der Waals surface area contributed by atoms with Gasteiger partial charge in [-0.05, 0) is 0 Å². The molecule has 0 spiro atoms. The van der Waals surface area contributed by atoms with Crippen LogP contribution in [0.5, 0.6) is 0 Å². The van der Waals surface area contributed by atoms with Crippen molar-refractivity contribution in [2.75, 3.05) is 6.67 Å². The zero-order valence-corrected chi connectivity index (χ0v) is 3.90. The van der Waals surface area contributed by atoms with E-state index in [1.807, 2.05) is 0 Å². The summed E-state index contributed by atoms with van der Waals surface area (Å²) in [4.78, 5) is 9.62. The molecule has 3 nitrogen and oxygen atoms in total. The van der Waals surface area contributed by atoms with Gasteiger partial charge >= 0.3 is 5.97 Å². The number of hydrogen-bond donors (Lipinski definition) is 2. The Labute approximate surface area is 44.2 Å². The van der Waals surface area contributed by atoms with Crippen molar-refractivity contribution in [3.05, 3.63) is 0 Å². The summed E-state index contributed by atoms with van der Waals surface area (Å²) in [6, 6.07) is -1.71. The molecule has 1 atom stereocenters. The highest BCUT2D eigenvalue weighted by Crippen LogP contribution is 1.83. The number of carboxylic acid groups (broad SMARTS) is 1. The number of carboxylic acids is 1. The van der Waals surface area contributed by atoms with Gasteiger partial charge in [0.1, 0.15) is 6.67 Å². The van der Waals surface area contributed by atoms with Crippen LogP contribution in [0.3, 0.4) is 0 Å². The number of carbonyl (C=O) groups is 1. The fraction of sp³-hybridized carbons (Fsp3) is 0.667. The maximum Gasteiger partial charge on any atom is 0.326 e. The number of aliphatic carboxylic acids is 1. The summed E-state index contributed by atoms with van der Waals surface area (Å²) in [5.74, 6) is -1.53. The number of alkyl halides is 1. The Balaban J connectivity index is 3.52. The summed E-state index contributed by atoms with van der Waals surface area (Å²) in [5, 5.41) is 7.83. The molecule has 48 valence electrons. The zero-order chi connectivity index (χ0) is 6.57. The largest absolute Gasteiger partial charge is 0.480 e. The Morgan fingerprint density at radius 3 is 2.38 bits per heavy atom. The third-order valence-corrected chi connectivity index (χ3v) is 0.584. The van der Waals surface area contributed by atoms with E-state index in [9.17, 15) is 13.7 Å². The molecule has 0 saturated carbocycles. The topological polar surface area (TPSA) is 49.3 Å². The van der Waals surface area contributed by atoms with E-state index in [-0.39, 0.29) is 0 Å². The van der Waals surface area contributed by atoms with Crippen LogP contribution < -0.4 is 5.54 Å². The molecule has 0 rings (SSSR count). The molecule has 0 aromatic heterocycles. The molecule has 0 aliphatic heterocycles. The summed E-state index contributed by atoms with van der Waals surface area (Å²) in [6.45, 7) is -1.24. The quantitative estimate of drug-likeness (QED) is 0.517. The lowest BCUT2D eigenvalue weighted by Crippen LogP contribution is -2.32. The highest BCUT2D eigenvalue weighted by molar-refractivity contribution is 5.73. The Bertz CT molecular complexity index is 83.4. The van der Waals surface area contributed by atoms with E-state index in [4.69, 9.17) is 5.11 Å². The molecule has 0 amide bonds. The van der Waals surface area contributed by atoms with E-state index in [0.717, 1.165) is 5.54 Å². The monoisotopic (exact) mass is 125 g/mol. The highest BCUT2D eigenvalue weighted by Gasteiger charge is 2.15. The van der Waals surface area contributed by atoms with Crippen molar-refractivity contribution in [3.8, 4) is 0 Å². The molecule has 0 radical (unpaired) electrons. The van der Waals surface area contributed by atoms with Crippen molar-refractivity contribution >= 4 is 5.97 Å². The second-order valence-corrected chi connectivity index (χ2v) is 1.15. The first-order chi connectivity index (χ1) is 3.72. The summed E-state index contributed by atoms with van der Waals surface area (Å²) in [5.41, 5.74) is 0.777. The second-order valence-electron chi connectivity index (χ2n) is 1.15. The van der Waals surface area contributed by atoms with Crippen LogP contribution in [-0.2, 0) is 4.79 Å². The van der Waals surface area contributed by atoms with Gasteiger partial charge in [0.15, 0.2) is 6.04 Å². The average Bonchev–Trinajstić information content (AvgIpc) is 1.69. The standard InChI is InChI=1S/C3H5F2NO2/c4-1-2(6-5)3(7)8/h2,6H,1H2,(H,7,8). The molecule has 2 N–H and O–H groups in total. The van der Waals surface area contributed by atoms with Gasteiger partial charge in [0.2, 0.25) is 0 Å². The third-order valence-electron chi connectivity index (χ3n) is 0.584. The van der Waals surface area contributed by atoms with Crippen molar-refractivity contribution in [1.82, 2.24) is 5.54 Å². The van der Waals surface area contributed by atoms with Crippen LogP contribution in [-0.4, -0.2) is 23.8 Å². The van der Waals surface area contributed by atoms with Gasteiger partial charge in [0.25, 0.3) is 0 Å². The molecule has 0 heterocycles. The van der Waals surface area contributed by atoms with Crippen LogP contribution >= 0.6 is 0 Å². The van der Waals surface area contributed by atoms with Gasteiger partial charge < -0.3 is 5.11 Å². The summed E-state index contributed by atoms with van der Waals surface area (Å²) in [6.07, 6.45) is 0. The fourth-order valence-electron chi connectivity index (χ4n) is 0.142. The average molecular weight is 125 g/mol. The van der Waals surface area contributed by atoms with E-state index in [0.29, 0.717) is 0 Å². The smallest absolute Gasteiger partial charge is 0.326 e. The SMILES string of the molecule is O=C(O)C(CF)NF. The molecule has 8 heavy (non-hydrogen) atoms. The van der Waals surface area contributed by atoms with Crippen molar-refractivity contribution in [3.63, 3.8) is 0 Å². The third kappa shape index (κ3) is 1.83. The lowest BCUT2D eigenvalue weighted by atomic mass is 10.4. The van der Waals surface area contributed by atoms with Crippen molar-refractivity contribution < 1.29 is 18.8 Å². The van der Waals surface area contributed by atoms with Gasteiger partial charge in [-0.25, -0.2) is 4.39 Å². The molecule has 0 aliphatic rings. The van der Waals surface area contributed by atoms with Crippen LogP contribution in [0.25, 0.3) is 0 Å². The van der Waals surface area contributed by atoms with Crippen LogP contribution in [0.2, 0.25) is 0 Å². The van der Waals surface area contributed by atoms with Crippen LogP contribution in [0, 0.1) is 0 Å². The molecular formula is C3H5F2NO2. The van der Waals surface area contributed by atoms with E-state index < -0.39 is 18.7 Å². The van der Waals surface area contributed by atoms with Crippen LogP contribution in [0.4, 0.5) is 8.87 Å². The van der Waals surface area contributed by atoms with Crippen molar-refractivity contribution in [2.45, 2.75) is 6.04 Å². The van der Waals surface area contributed by atoms with Crippen LogP contribution in [0.1, 0.15) is 0 Å². The van der Waals surface area contributed by atoms with Gasteiger partial charge in [-0.1, -0.05) is 0 Å². The molecule has 0 aromatic carbocycles. The number of rotatable bonds is 3. The van der Waals surface area contributed by atoms with E-state index in [2.05, 4.69) is 0 Å². The normalized spacial score (nSPS) is 13.2. The predicted molar refractivity (Wildman–Crippen MR) is 21.6 cm³/mol. The Kier molecular flexibility index (Phi) is 3.02. The molecular weight excluding hydrogens is 120 g/mol. The van der Waals surface area contributed by atoms with E-state index in [1.54, 1.807) is 0 Å². The van der Waals surface area contributed by atoms with Gasteiger partial charge in [0, 0.05) is 0 Å². The molecule has 0 aliphatic carbocycles.